The highest BCUT2D eigenvalue weighted by atomic mass is 16.6. The number of nitrogens with zero attached hydrogens (tertiary/aromatic N) is 2. The maximum absolute atomic E-state index is 12.0. The van der Waals surface area contributed by atoms with E-state index in [-0.39, 0.29) is 30.1 Å². The molecule has 1 unspecified atom stereocenters. The molecule has 0 saturated carbocycles. The highest BCUT2D eigenvalue weighted by molar-refractivity contribution is 5.98. The molecule has 106 valence electrons. The Bertz CT molecular complexity index is 400. The van der Waals surface area contributed by atoms with Crippen LogP contribution in [0.15, 0.2) is 0 Å². The van der Waals surface area contributed by atoms with Crippen molar-refractivity contribution in [3.05, 3.63) is 0 Å². The molecule has 2 fully saturated rings. The topological polar surface area (TPSA) is 79.0 Å². The molecule has 0 spiro atoms. The Balaban J connectivity index is 1.95. The first-order chi connectivity index (χ1) is 8.78. The molecule has 7 heteroatoms. The average molecular weight is 269 g/mol. The van der Waals surface area contributed by atoms with Gasteiger partial charge in [0.2, 0.25) is 0 Å². The van der Waals surface area contributed by atoms with Crippen LogP contribution >= 0.6 is 0 Å². The van der Waals surface area contributed by atoms with E-state index in [0.29, 0.717) is 19.5 Å². The van der Waals surface area contributed by atoms with Gasteiger partial charge in [-0.1, -0.05) is 0 Å². The summed E-state index contributed by atoms with van der Waals surface area (Å²) in [6, 6.07) is -0.441. The number of carbonyl (C=O) groups excluding carboxylic acids is 3. The zero-order valence-corrected chi connectivity index (χ0v) is 11.4. The first kappa shape index (κ1) is 13.6. The SMILES string of the molecule is CC(C)(C)NC(=O)N1CCC(N2C(=O)COC2=O)C1. The fourth-order valence-corrected chi connectivity index (χ4v) is 2.25. The molecule has 0 aromatic carbocycles. The summed E-state index contributed by atoms with van der Waals surface area (Å²) in [6.45, 7) is 6.41. The van der Waals surface area contributed by atoms with Crippen LogP contribution in [0, 0.1) is 0 Å². The second kappa shape index (κ2) is 4.71. The van der Waals surface area contributed by atoms with Gasteiger partial charge in [-0.2, -0.15) is 0 Å². The van der Waals surface area contributed by atoms with Gasteiger partial charge >= 0.3 is 12.1 Å². The molecule has 0 aromatic rings. The summed E-state index contributed by atoms with van der Waals surface area (Å²) >= 11 is 0. The molecule has 0 aromatic heterocycles. The molecule has 2 heterocycles. The van der Waals surface area contributed by atoms with Crippen LogP contribution in [0.2, 0.25) is 0 Å². The molecular weight excluding hydrogens is 250 g/mol. The Morgan fingerprint density at radius 1 is 1.37 bits per heavy atom. The lowest BCUT2D eigenvalue weighted by Crippen LogP contribution is -2.49. The molecule has 0 radical (unpaired) electrons. The van der Waals surface area contributed by atoms with Gasteiger partial charge in [0.05, 0.1) is 6.04 Å². The highest BCUT2D eigenvalue weighted by Crippen LogP contribution is 2.20. The normalized spacial score (nSPS) is 23.8. The van der Waals surface area contributed by atoms with E-state index in [4.69, 9.17) is 0 Å². The monoisotopic (exact) mass is 269 g/mol. The third kappa shape index (κ3) is 2.97. The van der Waals surface area contributed by atoms with Gasteiger partial charge in [-0.05, 0) is 27.2 Å². The van der Waals surface area contributed by atoms with Crippen molar-refractivity contribution in [2.75, 3.05) is 19.7 Å². The Morgan fingerprint density at radius 2 is 2.05 bits per heavy atom. The molecule has 2 rings (SSSR count). The minimum absolute atomic E-state index is 0.171. The van der Waals surface area contributed by atoms with E-state index in [1.165, 1.54) is 0 Å². The van der Waals surface area contributed by atoms with Gasteiger partial charge in [-0.25, -0.2) is 14.5 Å². The van der Waals surface area contributed by atoms with Crippen molar-refractivity contribution in [3.63, 3.8) is 0 Å². The highest BCUT2D eigenvalue weighted by Gasteiger charge is 2.41. The molecule has 2 aliphatic heterocycles. The molecular formula is C12H19N3O4. The van der Waals surface area contributed by atoms with Gasteiger partial charge < -0.3 is 15.0 Å². The Kier molecular flexibility index (Phi) is 3.38. The molecule has 19 heavy (non-hydrogen) atoms. The molecule has 4 amide bonds. The van der Waals surface area contributed by atoms with Crippen LogP contribution in [0.4, 0.5) is 9.59 Å². The maximum atomic E-state index is 12.0. The van der Waals surface area contributed by atoms with E-state index in [2.05, 4.69) is 10.1 Å². The second-order valence-electron chi connectivity index (χ2n) is 5.89. The average Bonchev–Trinajstić information content (AvgIpc) is 2.83. The summed E-state index contributed by atoms with van der Waals surface area (Å²) in [7, 11) is 0. The quantitative estimate of drug-likeness (QED) is 0.754. The lowest BCUT2D eigenvalue weighted by Gasteiger charge is -2.26. The van der Waals surface area contributed by atoms with E-state index >= 15 is 0 Å². The first-order valence-corrected chi connectivity index (χ1v) is 6.34. The number of rotatable bonds is 1. The first-order valence-electron chi connectivity index (χ1n) is 6.34. The predicted octanol–water partition coefficient (Wildman–Crippen LogP) is 0.548. The zero-order valence-electron chi connectivity index (χ0n) is 11.4. The molecule has 2 aliphatic rings. The van der Waals surface area contributed by atoms with Crippen LogP contribution in [0.25, 0.3) is 0 Å². The van der Waals surface area contributed by atoms with Gasteiger partial charge in [-0.15, -0.1) is 0 Å². The molecule has 1 atom stereocenters. The van der Waals surface area contributed by atoms with E-state index in [1.807, 2.05) is 20.8 Å². The Hall–Kier alpha value is -1.79. The third-order valence-corrected chi connectivity index (χ3v) is 3.08. The van der Waals surface area contributed by atoms with E-state index in [9.17, 15) is 14.4 Å². The van der Waals surface area contributed by atoms with E-state index < -0.39 is 6.09 Å². The Labute approximate surface area is 111 Å². The largest absolute Gasteiger partial charge is 0.439 e. The van der Waals surface area contributed by atoms with E-state index in [0.717, 1.165) is 4.90 Å². The summed E-state index contributed by atoms with van der Waals surface area (Å²) in [5, 5.41) is 2.86. The fraction of sp³-hybridized carbons (Fsp3) is 0.750. The number of likely N-dealkylation sites (tertiary alicyclic amines) is 1. The number of amides is 4. The van der Waals surface area contributed by atoms with Crippen LogP contribution in [-0.2, 0) is 9.53 Å². The van der Waals surface area contributed by atoms with Gasteiger partial charge in [0.25, 0.3) is 5.91 Å². The molecule has 2 saturated heterocycles. The third-order valence-electron chi connectivity index (χ3n) is 3.08. The minimum Gasteiger partial charge on any atom is -0.439 e. The predicted molar refractivity (Wildman–Crippen MR) is 66.5 cm³/mol. The second-order valence-corrected chi connectivity index (χ2v) is 5.89. The van der Waals surface area contributed by atoms with Crippen molar-refractivity contribution in [1.82, 2.24) is 15.1 Å². The minimum atomic E-state index is -0.604. The van der Waals surface area contributed by atoms with Crippen molar-refractivity contribution in [2.24, 2.45) is 0 Å². The number of nitrogens with one attached hydrogen (secondary N) is 1. The van der Waals surface area contributed by atoms with Crippen molar-refractivity contribution in [1.29, 1.82) is 0 Å². The van der Waals surface area contributed by atoms with Crippen molar-refractivity contribution in [3.8, 4) is 0 Å². The summed E-state index contributed by atoms with van der Waals surface area (Å²) in [5.41, 5.74) is -0.308. The van der Waals surface area contributed by atoms with Crippen LogP contribution in [0.3, 0.4) is 0 Å². The van der Waals surface area contributed by atoms with Crippen LogP contribution in [-0.4, -0.2) is 59.1 Å². The standard InChI is InChI=1S/C12H19N3O4/c1-12(2,3)13-10(17)14-5-4-8(6-14)15-9(16)7-19-11(15)18/h8H,4-7H2,1-3H3,(H,13,17). The summed E-state index contributed by atoms with van der Waals surface area (Å²) in [4.78, 5) is 37.7. The maximum Gasteiger partial charge on any atom is 0.417 e. The summed E-state index contributed by atoms with van der Waals surface area (Å²) in [5.74, 6) is -0.326. The number of ether oxygens (including phenoxy) is 1. The van der Waals surface area contributed by atoms with Gasteiger partial charge in [0.15, 0.2) is 6.61 Å². The number of hydrogen-bond donors (Lipinski definition) is 1. The molecule has 7 nitrogen and oxygen atoms in total. The van der Waals surface area contributed by atoms with Gasteiger partial charge in [-0.3, -0.25) is 4.79 Å². The molecule has 0 aliphatic carbocycles. The van der Waals surface area contributed by atoms with Crippen molar-refractivity contribution < 1.29 is 19.1 Å². The summed E-state index contributed by atoms with van der Waals surface area (Å²) in [6.07, 6.45) is -0.00799. The Morgan fingerprint density at radius 3 is 2.58 bits per heavy atom. The van der Waals surface area contributed by atoms with Crippen LogP contribution < -0.4 is 5.32 Å². The van der Waals surface area contributed by atoms with Crippen LogP contribution in [0.1, 0.15) is 27.2 Å². The lowest BCUT2D eigenvalue weighted by molar-refractivity contribution is -0.127. The lowest BCUT2D eigenvalue weighted by atomic mass is 10.1. The van der Waals surface area contributed by atoms with E-state index in [1.54, 1.807) is 4.90 Å². The number of cyclic esters (lactones) is 1. The van der Waals surface area contributed by atoms with Crippen LogP contribution in [0.5, 0.6) is 0 Å². The van der Waals surface area contributed by atoms with Crippen molar-refractivity contribution >= 4 is 18.0 Å². The zero-order chi connectivity index (χ0) is 14.2. The molecule has 1 N–H and O–H groups in total. The number of urea groups is 1. The molecule has 0 bridgehead atoms. The summed E-state index contributed by atoms with van der Waals surface area (Å²) < 4.78 is 4.68. The number of imide groups is 1. The number of carbonyl (C=O) groups is 3. The smallest absolute Gasteiger partial charge is 0.417 e. The number of hydrogen-bond acceptors (Lipinski definition) is 4. The fourth-order valence-electron chi connectivity index (χ4n) is 2.25. The van der Waals surface area contributed by atoms with Crippen molar-refractivity contribution in [2.45, 2.75) is 38.8 Å². The van der Waals surface area contributed by atoms with Gasteiger partial charge in [0.1, 0.15) is 0 Å². The van der Waals surface area contributed by atoms with Gasteiger partial charge in [0, 0.05) is 18.6 Å².